The summed E-state index contributed by atoms with van der Waals surface area (Å²) in [7, 11) is 1.37. The van der Waals surface area contributed by atoms with Gasteiger partial charge in [-0.3, -0.25) is 19.8 Å². The molecule has 2 aromatic rings. The van der Waals surface area contributed by atoms with E-state index >= 15 is 0 Å². The molecule has 1 fully saturated rings. The monoisotopic (exact) mass is 461 g/mol. The number of nitrogens with zero attached hydrogens (tertiary/aromatic N) is 3. The molecule has 1 aliphatic rings. The van der Waals surface area contributed by atoms with Crippen molar-refractivity contribution in [3.8, 4) is 5.75 Å². The molecule has 32 heavy (non-hydrogen) atoms. The number of carbonyl (C=O) groups is 1. The van der Waals surface area contributed by atoms with Crippen molar-refractivity contribution in [2.24, 2.45) is 0 Å². The number of rotatable bonds is 6. The van der Waals surface area contributed by atoms with Crippen molar-refractivity contribution in [3.05, 3.63) is 74.6 Å². The molecule has 7 nitrogen and oxygen atoms in total. The van der Waals surface area contributed by atoms with Crippen molar-refractivity contribution in [2.45, 2.75) is 32.5 Å². The van der Waals surface area contributed by atoms with Crippen LogP contribution in [0.2, 0.25) is 5.02 Å². The van der Waals surface area contributed by atoms with E-state index in [4.69, 9.17) is 16.3 Å². The van der Waals surface area contributed by atoms with Crippen LogP contribution in [0.25, 0.3) is 6.08 Å². The van der Waals surface area contributed by atoms with Gasteiger partial charge in [0.15, 0.2) is 5.02 Å². The van der Waals surface area contributed by atoms with Crippen molar-refractivity contribution in [1.29, 1.82) is 0 Å². The molecule has 1 aliphatic heterocycles. The fourth-order valence-electron chi connectivity index (χ4n) is 3.79. The number of ether oxygens (including phenoxy) is 1. The van der Waals surface area contributed by atoms with Gasteiger partial charge >= 0.3 is 0 Å². The van der Waals surface area contributed by atoms with Gasteiger partial charge < -0.3 is 9.64 Å². The predicted octanol–water partition coefficient (Wildman–Crippen LogP) is 4.53. The third-order valence-electron chi connectivity index (χ3n) is 5.57. The summed E-state index contributed by atoms with van der Waals surface area (Å²) >= 11 is 5.99. The molecule has 0 spiro atoms. The Morgan fingerprint density at radius 3 is 2.56 bits per heavy atom. The van der Waals surface area contributed by atoms with Gasteiger partial charge in [-0.05, 0) is 49.2 Å². The molecule has 3 rings (SSSR count). The topological polar surface area (TPSA) is 75.9 Å². The molecule has 170 valence electrons. The second kappa shape index (κ2) is 10.1. The third kappa shape index (κ3) is 5.44. The lowest BCUT2D eigenvalue weighted by Crippen LogP contribution is -2.57. The summed E-state index contributed by atoms with van der Waals surface area (Å²) in [6, 6.07) is 9.38. The number of methoxy groups -OCH3 is 1. The smallest absolute Gasteiger partial charge is 0.292 e. The van der Waals surface area contributed by atoms with Crippen LogP contribution in [0.5, 0.6) is 5.75 Å². The zero-order valence-corrected chi connectivity index (χ0v) is 18.9. The average molecular weight is 462 g/mol. The molecular weight excluding hydrogens is 437 g/mol. The molecule has 0 bridgehead atoms. The van der Waals surface area contributed by atoms with Crippen LogP contribution < -0.4 is 4.74 Å². The van der Waals surface area contributed by atoms with Gasteiger partial charge in [0, 0.05) is 43.9 Å². The van der Waals surface area contributed by atoms with Crippen molar-refractivity contribution < 1.29 is 18.8 Å². The zero-order chi connectivity index (χ0) is 23.4. The minimum absolute atomic E-state index is 0.0297. The van der Waals surface area contributed by atoms with Gasteiger partial charge in [0.2, 0.25) is 5.91 Å². The maximum Gasteiger partial charge on any atom is 0.292 e. The van der Waals surface area contributed by atoms with Crippen molar-refractivity contribution in [1.82, 2.24) is 9.80 Å². The second-order valence-electron chi connectivity index (χ2n) is 7.89. The summed E-state index contributed by atoms with van der Waals surface area (Å²) in [4.78, 5) is 27.5. The minimum atomic E-state index is -0.589. The molecule has 2 aromatic carbocycles. The Morgan fingerprint density at radius 2 is 1.94 bits per heavy atom. The largest absolute Gasteiger partial charge is 0.495 e. The molecule has 0 aliphatic carbocycles. The van der Waals surface area contributed by atoms with E-state index in [-0.39, 0.29) is 40.3 Å². The highest BCUT2D eigenvalue weighted by Crippen LogP contribution is 2.35. The number of hydrogen-bond donors (Lipinski definition) is 0. The number of halogens is 2. The van der Waals surface area contributed by atoms with Crippen LogP contribution in [0.3, 0.4) is 0 Å². The fourth-order valence-corrected chi connectivity index (χ4v) is 4.05. The highest BCUT2D eigenvalue weighted by Gasteiger charge is 2.31. The second-order valence-corrected chi connectivity index (χ2v) is 8.27. The summed E-state index contributed by atoms with van der Waals surface area (Å²) < 4.78 is 18.3. The summed E-state index contributed by atoms with van der Waals surface area (Å²) in [6.45, 7) is 5.92. The van der Waals surface area contributed by atoms with E-state index in [9.17, 15) is 19.3 Å². The third-order valence-corrected chi connectivity index (χ3v) is 5.95. The van der Waals surface area contributed by atoms with Gasteiger partial charge in [0.05, 0.1) is 12.0 Å². The number of amides is 1. The molecule has 9 heteroatoms. The van der Waals surface area contributed by atoms with Crippen molar-refractivity contribution in [3.63, 3.8) is 0 Å². The average Bonchev–Trinajstić information content (AvgIpc) is 2.76. The number of hydrogen-bond acceptors (Lipinski definition) is 5. The molecule has 1 amide bonds. The maximum absolute atomic E-state index is 13.2. The summed E-state index contributed by atoms with van der Waals surface area (Å²) in [5.41, 5.74) is 1.18. The van der Waals surface area contributed by atoms with Gasteiger partial charge in [0.1, 0.15) is 11.6 Å². The van der Waals surface area contributed by atoms with Crippen LogP contribution in [-0.4, -0.2) is 52.9 Å². The number of nitro benzene ring substituents is 1. The van der Waals surface area contributed by atoms with E-state index in [1.165, 1.54) is 37.5 Å². The number of carbonyl (C=O) groups excluding carboxylic acids is 1. The van der Waals surface area contributed by atoms with Gasteiger partial charge in [-0.15, -0.1) is 0 Å². The standard InChI is InChI=1S/C23H25ClFN3O4/c1-15-13-27(16(2)12-26(15)14-17-4-7-19(25)8-5-17)22(29)9-6-18-10-20(28(30)31)23(24)21(11-18)32-3/h4-11,15-16H,12-14H2,1-3H3/t15-,16+/m1/s1. The molecule has 0 aromatic heterocycles. The Morgan fingerprint density at radius 1 is 1.25 bits per heavy atom. The Kier molecular flexibility index (Phi) is 7.48. The Balaban J connectivity index is 1.69. The van der Waals surface area contributed by atoms with Crippen LogP contribution in [0, 0.1) is 15.9 Å². The molecular formula is C23H25ClFN3O4. The molecule has 0 unspecified atom stereocenters. The Hall–Kier alpha value is -2.97. The van der Waals surface area contributed by atoms with Gasteiger partial charge in [0.25, 0.3) is 5.69 Å². The van der Waals surface area contributed by atoms with E-state index in [1.54, 1.807) is 23.1 Å². The summed E-state index contributed by atoms with van der Waals surface area (Å²) in [6.07, 6.45) is 2.93. The maximum atomic E-state index is 13.2. The van der Waals surface area contributed by atoms with E-state index in [2.05, 4.69) is 4.90 Å². The fraction of sp³-hybridized carbons (Fsp3) is 0.348. The van der Waals surface area contributed by atoms with E-state index in [1.807, 2.05) is 13.8 Å². The number of benzene rings is 2. The molecule has 2 atom stereocenters. The molecule has 0 radical (unpaired) electrons. The van der Waals surface area contributed by atoms with Crippen LogP contribution in [-0.2, 0) is 11.3 Å². The summed E-state index contributed by atoms with van der Waals surface area (Å²) in [5, 5.41) is 11.1. The lowest BCUT2D eigenvalue weighted by molar-refractivity contribution is -0.384. The Labute approximate surface area is 191 Å². The first kappa shape index (κ1) is 23.7. The van der Waals surface area contributed by atoms with Crippen LogP contribution >= 0.6 is 11.6 Å². The van der Waals surface area contributed by atoms with Crippen LogP contribution in [0.15, 0.2) is 42.5 Å². The quantitative estimate of drug-likeness (QED) is 0.359. The number of nitro groups is 1. The normalized spacial score (nSPS) is 19.3. The minimum Gasteiger partial charge on any atom is -0.495 e. The van der Waals surface area contributed by atoms with Gasteiger partial charge in [-0.1, -0.05) is 23.7 Å². The highest BCUT2D eigenvalue weighted by atomic mass is 35.5. The highest BCUT2D eigenvalue weighted by molar-refractivity contribution is 6.34. The SMILES string of the molecule is COc1cc(C=CC(=O)N2C[C@@H](C)N(Cc3ccc(F)cc3)C[C@@H]2C)cc([N+](=O)[O-])c1Cl. The first-order valence-corrected chi connectivity index (χ1v) is 10.6. The van der Waals surface area contributed by atoms with Crippen LogP contribution in [0.1, 0.15) is 25.0 Å². The lowest BCUT2D eigenvalue weighted by Gasteiger charge is -2.44. The molecule has 0 N–H and O–H groups in total. The van der Waals surface area contributed by atoms with Crippen molar-refractivity contribution >= 4 is 29.3 Å². The van der Waals surface area contributed by atoms with Gasteiger partial charge in [-0.25, -0.2) is 4.39 Å². The van der Waals surface area contributed by atoms with E-state index < -0.39 is 4.92 Å². The molecule has 1 heterocycles. The van der Waals surface area contributed by atoms with E-state index in [0.717, 1.165) is 5.56 Å². The first-order chi connectivity index (χ1) is 15.2. The summed E-state index contributed by atoms with van der Waals surface area (Å²) in [5.74, 6) is -0.271. The van der Waals surface area contributed by atoms with Crippen LogP contribution in [0.4, 0.5) is 10.1 Å². The Bertz CT molecular complexity index is 1030. The molecule has 1 saturated heterocycles. The lowest BCUT2D eigenvalue weighted by atomic mass is 10.1. The van der Waals surface area contributed by atoms with Gasteiger partial charge in [-0.2, -0.15) is 0 Å². The first-order valence-electron chi connectivity index (χ1n) is 10.2. The van der Waals surface area contributed by atoms with E-state index in [0.29, 0.717) is 25.2 Å². The predicted molar refractivity (Wildman–Crippen MR) is 121 cm³/mol. The van der Waals surface area contributed by atoms with Crippen molar-refractivity contribution in [2.75, 3.05) is 20.2 Å². The zero-order valence-electron chi connectivity index (χ0n) is 18.1. The number of piperazine rings is 1. The molecule has 0 saturated carbocycles.